The molecule has 0 spiro atoms. The van der Waals surface area contributed by atoms with Crippen LogP contribution >= 0.6 is 12.4 Å². The molecule has 1 atom stereocenters. The summed E-state index contributed by atoms with van der Waals surface area (Å²) in [6, 6.07) is 9.34. The number of hydrogen-bond acceptors (Lipinski definition) is 2. The molecule has 1 aromatic carbocycles. The van der Waals surface area contributed by atoms with Gasteiger partial charge in [0.15, 0.2) is 0 Å². The van der Waals surface area contributed by atoms with Gasteiger partial charge in [0, 0.05) is 5.69 Å². The molecule has 0 aliphatic carbocycles. The summed E-state index contributed by atoms with van der Waals surface area (Å²) in [4.78, 5) is 11.8. The summed E-state index contributed by atoms with van der Waals surface area (Å²) in [5, 5.41) is 5.88. The van der Waals surface area contributed by atoms with Gasteiger partial charge in [0.05, 0.1) is 6.04 Å². The van der Waals surface area contributed by atoms with Crippen molar-refractivity contribution in [2.24, 2.45) is 5.92 Å². The summed E-state index contributed by atoms with van der Waals surface area (Å²) in [6.07, 6.45) is 0. The van der Waals surface area contributed by atoms with Gasteiger partial charge in [-0.3, -0.25) is 4.79 Å². The third-order valence-electron chi connectivity index (χ3n) is 2.30. The summed E-state index contributed by atoms with van der Waals surface area (Å²) < 4.78 is 0. The third-order valence-corrected chi connectivity index (χ3v) is 2.30. The van der Waals surface area contributed by atoms with Gasteiger partial charge in [0.2, 0.25) is 5.91 Å². The van der Waals surface area contributed by atoms with Crippen molar-refractivity contribution in [2.45, 2.75) is 19.9 Å². The Morgan fingerprint density at radius 3 is 2.19 bits per heavy atom. The van der Waals surface area contributed by atoms with E-state index in [0.717, 1.165) is 5.69 Å². The van der Waals surface area contributed by atoms with Crippen molar-refractivity contribution in [1.82, 2.24) is 5.32 Å². The van der Waals surface area contributed by atoms with E-state index >= 15 is 0 Å². The molecule has 16 heavy (non-hydrogen) atoms. The fourth-order valence-electron chi connectivity index (χ4n) is 1.51. The van der Waals surface area contributed by atoms with E-state index < -0.39 is 0 Å². The normalized spacial score (nSPS) is 11.8. The Morgan fingerprint density at radius 1 is 1.19 bits per heavy atom. The van der Waals surface area contributed by atoms with Crippen molar-refractivity contribution in [2.75, 3.05) is 12.4 Å². The number of halogens is 1. The number of carbonyl (C=O) groups is 1. The van der Waals surface area contributed by atoms with Gasteiger partial charge < -0.3 is 10.6 Å². The highest BCUT2D eigenvalue weighted by Gasteiger charge is 2.19. The van der Waals surface area contributed by atoms with Crippen molar-refractivity contribution in [3.05, 3.63) is 30.3 Å². The molecule has 0 heterocycles. The van der Waals surface area contributed by atoms with E-state index in [1.54, 1.807) is 7.05 Å². The monoisotopic (exact) mass is 242 g/mol. The van der Waals surface area contributed by atoms with E-state index in [1.807, 2.05) is 44.2 Å². The highest BCUT2D eigenvalue weighted by molar-refractivity contribution is 5.94. The molecule has 1 amide bonds. The molecule has 0 aliphatic rings. The van der Waals surface area contributed by atoms with Crippen LogP contribution in [0.1, 0.15) is 13.8 Å². The fourth-order valence-corrected chi connectivity index (χ4v) is 1.51. The van der Waals surface area contributed by atoms with Crippen LogP contribution in [0.15, 0.2) is 30.3 Å². The van der Waals surface area contributed by atoms with Crippen LogP contribution in [0.25, 0.3) is 0 Å². The van der Waals surface area contributed by atoms with E-state index in [0.29, 0.717) is 0 Å². The Hall–Kier alpha value is -1.06. The first-order chi connectivity index (χ1) is 7.15. The molecule has 0 fully saturated rings. The summed E-state index contributed by atoms with van der Waals surface area (Å²) in [5.41, 5.74) is 0.836. The zero-order chi connectivity index (χ0) is 11.3. The van der Waals surface area contributed by atoms with Gasteiger partial charge in [0.1, 0.15) is 0 Å². The molecule has 1 aromatic rings. The summed E-state index contributed by atoms with van der Waals surface area (Å²) in [6.45, 7) is 4.04. The van der Waals surface area contributed by atoms with Gasteiger partial charge in [-0.25, -0.2) is 0 Å². The van der Waals surface area contributed by atoms with Crippen LogP contribution in [-0.2, 0) is 4.79 Å². The first kappa shape index (κ1) is 14.9. The van der Waals surface area contributed by atoms with Crippen LogP contribution in [0.2, 0.25) is 0 Å². The lowest BCUT2D eigenvalue weighted by Gasteiger charge is -2.19. The standard InChI is InChI=1S/C12H18N2O.ClH/c1-9(2)11(13-3)12(15)14-10-7-5-4-6-8-10;/h4-9,11,13H,1-3H3,(H,14,15);1H. The first-order valence-electron chi connectivity index (χ1n) is 5.18. The molecule has 2 N–H and O–H groups in total. The first-order valence-corrected chi connectivity index (χ1v) is 5.18. The second-order valence-electron chi connectivity index (χ2n) is 3.87. The lowest BCUT2D eigenvalue weighted by atomic mass is 10.0. The van der Waals surface area contributed by atoms with E-state index in [2.05, 4.69) is 10.6 Å². The van der Waals surface area contributed by atoms with Crippen LogP contribution in [0, 0.1) is 5.92 Å². The molecule has 0 bridgehead atoms. The van der Waals surface area contributed by atoms with E-state index in [-0.39, 0.29) is 30.3 Å². The predicted molar refractivity (Wildman–Crippen MR) is 70.0 cm³/mol. The molecule has 1 rings (SSSR count). The minimum Gasteiger partial charge on any atom is -0.325 e. The summed E-state index contributed by atoms with van der Waals surface area (Å²) in [5.74, 6) is 0.289. The number of amides is 1. The zero-order valence-electron chi connectivity index (χ0n) is 9.86. The largest absolute Gasteiger partial charge is 0.325 e. The van der Waals surface area contributed by atoms with Crippen molar-refractivity contribution in [1.29, 1.82) is 0 Å². The maximum Gasteiger partial charge on any atom is 0.241 e. The van der Waals surface area contributed by atoms with Crippen molar-refractivity contribution < 1.29 is 4.79 Å². The SMILES string of the molecule is CNC(C(=O)Nc1ccccc1)C(C)C.Cl. The van der Waals surface area contributed by atoms with Crippen molar-refractivity contribution in [3.63, 3.8) is 0 Å². The molecular formula is C12H19ClN2O. The Balaban J connectivity index is 0.00000225. The van der Waals surface area contributed by atoms with Gasteiger partial charge in [-0.05, 0) is 25.1 Å². The van der Waals surface area contributed by atoms with E-state index in [4.69, 9.17) is 0 Å². The molecule has 90 valence electrons. The van der Waals surface area contributed by atoms with Gasteiger partial charge >= 0.3 is 0 Å². The topological polar surface area (TPSA) is 41.1 Å². The molecule has 0 saturated carbocycles. The van der Waals surface area contributed by atoms with Crippen molar-refractivity contribution in [3.8, 4) is 0 Å². The second-order valence-corrected chi connectivity index (χ2v) is 3.87. The lowest BCUT2D eigenvalue weighted by molar-refractivity contribution is -0.118. The summed E-state index contributed by atoms with van der Waals surface area (Å²) in [7, 11) is 1.80. The number of hydrogen-bond donors (Lipinski definition) is 2. The quantitative estimate of drug-likeness (QED) is 0.851. The van der Waals surface area contributed by atoms with Crippen molar-refractivity contribution >= 4 is 24.0 Å². The molecule has 0 saturated heterocycles. The van der Waals surface area contributed by atoms with Crippen LogP contribution in [-0.4, -0.2) is 19.0 Å². The van der Waals surface area contributed by atoms with E-state index in [1.165, 1.54) is 0 Å². The molecule has 0 aromatic heterocycles. The maximum absolute atomic E-state index is 11.8. The zero-order valence-corrected chi connectivity index (χ0v) is 10.7. The highest BCUT2D eigenvalue weighted by atomic mass is 35.5. The highest BCUT2D eigenvalue weighted by Crippen LogP contribution is 2.08. The predicted octanol–water partition coefficient (Wildman–Crippen LogP) is 2.29. The van der Waals surface area contributed by atoms with Crippen LogP contribution in [0.5, 0.6) is 0 Å². The van der Waals surface area contributed by atoms with Gasteiger partial charge in [-0.1, -0.05) is 32.0 Å². The Kier molecular flexibility index (Phi) is 6.77. The van der Waals surface area contributed by atoms with Crippen LogP contribution in [0.3, 0.4) is 0 Å². The molecule has 0 radical (unpaired) electrons. The fraction of sp³-hybridized carbons (Fsp3) is 0.417. The number of para-hydroxylation sites is 1. The number of benzene rings is 1. The maximum atomic E-state index is 11.8. The Morgan fingerprint density at radius 2 is 1.75 bits per heavy atom. The average molecular weight is 243 g/mol. The third kappa shape index (κ3) is 4.21. The molecule has 4 heteroatoms. The number of carbonyl (C=O) groups excluding carboxylic acids is 1. The smallest absolute Gasteiger partial charge is 0.241 e. The number of anilines is 1. The van der Waals surface area contributed by atoms with Gasteiger partial charge in [-0.15, -0.1) is 12.4 Å². The molecule has 0 aliphatic heterocycles. The summed E-state index contributed by atoms with van der Waals surface area (Å²) >= 11 is 0. The second kappa shape index (κ2) is 7.25. The number of likely N-dealkylation sites (N-methyl/N-ethyl adjacent to an activating group) is 1. The molecule has 3 nitrogen and oxygen atoms in total. The minimum absolute atomic E-state index is 0. The average Bonchev–Trinajstić information content (AvgIpc) is 2.19. The number of nitrogens with one attached hydrogen (secondary N) is 2. The van der Waals surface area contributed by atoms with E-state index in [9.17, 15) is 4.79 Å². The molecular weight excluding hydrogens is 224 g/mol. The van der Waals surface area contributed by atoms with Crippen LogP contribution in [0.4, 0.5) is 5.69 Å². The van der Waals surface area contributed by atoms with Gasteiger partial charge in [-0.2, -0.15) is 0 Å². The minimum atomic E-state index is -0.148. The Labute approximate surface area is 103 Å². The lowest BCUT2D eigenvalue weighted by Crippen LogP contribution is -2.42. The Bertz CT molecular complexity index is 314. The van der Waals surface area contributed by atoms with Crippen LogP contribution < -0.4 is 10.6 Å². The molecule has 1 unspecified atom stereocenters. The van der Waals surface area contributed by atoms with Gasteiger partial charge in [0.25, 0.3) is 0 Å². The number of rotatable bonds is 4.